The van der Waals surface area contributed by atoms with E-state index in [-0.39, 0.29) is 5.56 Å². The molecule has 0 fully saturated rings. The van der Waals surface area contributed by atoms with Crippen molar-refractivity contribution in [1.82, 2.24) is 14.5 Å². The summed E-state index contributed by atoms with van der Waals surface area (Å²) in [4.78, 5) is 20.3. The summed E-state index contributed by atoms with van der Waals surface area (Å²) in [6.45, 7) is 0.598. The van der Waals surface area contributed by atoms with Crippen LogP contribution in [0, 0.1) is 0 Å². The number of fused-ring (bicyclic) bond motifs is 2. The maximum atomic E-state index is 12.6. The Kier molecular flexibility index (Phi) is 3.50. The molecule has 2 heterocycles. The van der Waals surface area contributed by atoms with E-state index in [1.54, 1.807) is 10.9 Å². The van der Waals surface area contributed by atoms with Crippen LogP contribution in [-0.2, 0) is 13.0 Å². The van der Waals surface area contributed by atoms with Crippen LogP contribution >= 0.6 is 15.9 Å². The first-order valence-electron chi connectivity index (χ1n) is 7.42. The van der Waals surface area contributed by atoms with E-state index in [0.29, 0.717) is 11.9 Å². The Hall–Kier alpha value is -2.40. The number of para-hydroxylation sites is 1. The number of hydrogen-bond acceptors (Lipinski definition) is 2. The Morgan fingerprint density at radius 3 is 2.87 bits per heavy atom. The van der Waals surface area contributed by atoms with Crippen molar-refractivity contribution in [3.8, 4) is 0 Å². The molecule has 4 aromatic rings. The van der Waals surface area contributed by atoms with E-state index in [1.807, 2.05) is 30.3 Å². The molecule has 4 rings (SSSR count). The first-order chi connectivity index (χ1) is 11.2. The molecule has 0 amide bonds. The molecule has 0 saturated heterocycles. The Bertz CT molecular complexity index is 1030. The summed E-state index contributed by atoms with van der Waals surface area (Å²) in [6, 6.07) is 15.9. The van der Waals surface area contributed by atoms with Crippen LogP contribution in [0.1, 0.15) is 5.69 Å². The third-order valence-corrected chi connectivity index (χ3v) is 4.49. The Morgan fingerprint density at radius 2 is 2.00 bits per heavy atom. The Balaban J connectivity index is 1.64. The molecule has 0 aliphatic heterocycles. The molecule has 23 heavy (non-hydrogen) atoms. The minimum Gasteiger partial charge on any atom is -0.358 e. The first kappa shape index (κ1) is 14.2. The summed E-state index contributed by atoms with van der Waals surface area (Å²) >= 11 is 3.41. The third-order valence-electron chi connectivity index (χ3n) is 3.99. The monoisotopic (exact) mass is 367 g/mol. The largest absolute Gasteiger partial charge is 0.358 e. The Morgan fingerprint density at radius 1 is 1.13 bits per heavy atom. The molecule has 1 N–H and O–H groups in total. The fourth-order valence-corrected chi connectivity index (χ4v) is 3.16. The molecular weight excluding hydrogens is 354 g/mol. The topological polar surface area (TPSA) is 50.7 Å². The number of aromatic nitrogens is 3. The minimum absolute atomic E-state index is 0.00703. The maximum Gasteiger partial charge on any atom is 0.261 e. The average molecular weight is 368 g/mol. The number of nitrogens with zero attached hydrogens (tertiary/aromatic N) is 2. The van der Waals surface area contributed by atoms with Crippen molar-refractivity contribution in [3.05, 3.63) is 75.4 Å². The number of aromatic amines is 1. The van der Waals surface area contributed by atoms with Crippen LogP contribution in [0.25, 0.3) is 21.8 Å². The van der Waals surface area contributed by atoms with Gasteiger partial charge >= 0.3 is 0 Å². The summed E-state index contributed by atoms with van der Waals surface area (Å²) in [5.74, 6) is 0. The first-order valence-corrected chi connectivity index (χ1v) is 8.21. The Labute approximate surface area is 140 Å². The van der Waals surface area contributed by atoms with E-state index in [1.165, 1.54) is 5.39 Å². The van der Waals surface area contributed by atoms with Gasteiger partial charge in [0.15, 0.2) is 0 Å². The van der Waals surface area contributed by atoms with E-state index in [9.17, 15) is 4.79 Å². The highest BCUT2D eigenvalue weighted by Crippen LogP contribution is 2.16. The number of nitrogens with one attached hydrogen (secondary N) is 1. The van der Waals surface area contributed by atoms with Gasteiger partial charge in [-0.3, -0.25) is 9.36 Å². The van der Waals surface area contributed by atoms with E-state index in [2.05, 4.69) is 44.1 Å². The van der Waals surface area contributed by atoms with Gasteiger partial charge in [0.1, 0.15) is 0 Å². The van der Waals surface area contributed by atoms with Crippen LogP contribution < -0.4 is 5.56 Å². The van der Waals surface area contributed by atoms with Gasteiger partial charge in [0.25, 0.3) is 5.56 Å². The lowest BCUT2D eigenvalue weighted by atomic mass is 10.2. The lowest BCUT2D eigenvalue weighted by molar-refractivity contribution is 0.656. The number of benzene rings is 2. The smallest absolute Gasteiger partial charge is 0.261 e. The van der Waals surface area contributed by atoms with E-state index >= 15 is 0 Å². The van der Waals surface area contributed by atoms with Crippen LogP contribution in [0.5, 0.6) is 0 Å². The molecule has 5 heteroatoms. The second kappa shape index (κ2) is 5.66. The van der Waals surface area contributed by atoms with Crippen LogP contribution in [0.2, 0.25) is 0 Å². The molecule has 4 nitrogen and oxygen atoms in total. The number of halogens is 1. The van der Waals surface area contributed by atoms with Crippen LogP contribution in [0.4, 0.5) is 0 Å². The van der Waals surface area contributed by atoms with Crippen LogP contribution in [0.3, 0.4) is 0 Å². The lowest BCUT2D eigenvalue weighted by Gasteiger charge is -2.06. The fraction of sp³-hybridized carbons (Fsp3) is 0.111. The zero-order valence-corrected chi connectivity index (χ0v) is 13.9. The molecule has 0 spiro atoms. The van der Waals surface area contributed by atoms with Crippen molar-refractivity contribution in [3.63, 3.8) is 0 Å². The standard InChI is InChI=1S/C18H14BrN3O/c19-13-5-6-17-15(10-13)18(23)22(11-20-17)8-7-14-9-12-3-1-2-4-16(12)21-14/h1-6,9-11,21H,7-8H2. The average Bonchev–Trinajstić information content (AvgIpc) is 2.97. The summed E-state index contributed by atoms with van der Waals surface area (Å²) in [6.07, 6.45) is 2.39. The molecule has 2 aromatic heterocycles. The number of rotatable bonds is 3. The van der Waals surface area contributed by atoms with Crippen molar-refractivity contribution in [2.45, 2.75) is 13.0 Å². The van der Waals surface area contributed by atoms with Gasteiger partial charge in [0.05, 0.1) is 17.2 Å². The quantitative estimate of drug-likeness (QED) is 0.597. The van der Waals surface area contributed by atoms with Crippen molar-refractivity contribution in [2.75, 3.05) is 0 Å². The molecule has 2 aromatic carbocycles. The van der Waals surface area contributed by atoms with Crippen LogP contribution in [0.15, 0.2) is 64.1 Å². The SMILES string of the molecule is O=c1c2cc(Br)ccc2ncn1CCc1cc2ccccc2[nH]1. The number of aryl methyl sites for hydroxylation is 2. The van der Waals surface area contributed by atoms with Crippen molar-refractivity contribution in [2.24, 2.45) is 0 Å². The lowest BCUT2D eigenvalue weighted by Crippen LogP contribution is -2.21. The van der Waals surface area contributed by atoms with Crippen molar-refractivity contribution in [1.29, 1.82) is 0 Å². The second-order valence-electron chi connectivity index (χ2n) is 5.54. The predicted octanol–water partition coefficient (Wildman–Crippen LogP) is 3.88. The van der Waals surface area contributed by atoms with Gasteiger partial charge in [-0.15, -0.1) is 0 Å². The highest BCUT2D eigenvalue weighted by Gasteiger charge is 2.06. The van der Waals surface area contributed by atoms with E-state index < -0.39 is 0 Å². The number of hydrogen-bond donors (Lipinski definition) is 1. The summed E-state index contributed by atoms with van der Waals surface area (Å²) in [5.41, 5.74) is 2.95. The van der Waals surface area contributed by atoms with Crippen LogP contribution in [-0.4, -0.2) is 14.5 Å². The molecular formula is C18H14BrN3O. The molecule has 0 aliphatic rings. The molecule has 0 aliphatic carbocycles. The molecule has 114 valence electrons. The van der Waals surface area contributed by atoms with Gasteiger partial charge in [0, 0.05) is 28.6 Å². The summed E-state index contributed by atoms with van der Waals surface area (Å²) < 4.78 is 2.55. The van der Waals surface area contributed by atoms with Gasteiger partial charge < -0.3 is 4.98 Å². The zero-order valence-electron chi connectivity index (χ0n) is 12.3. The highest BCUT2D eigenvalue weighted by molar-refractivity contribution is 9.10. The number of H-pyrrole nitrogens is 1. The molecule has 0 bridgehead atoms. The molecule has 0 saturated carbocycles. The normalized spacial score (nSPS) is 11.3. The van der Waals surface area contributed by atoms with E-state index in [0.717, 1.165) is 27.6 Å². The minimum atomic E-state index is -0.00703. The van der Waals surface area contributed by atoms with Crippen molar-refractivity contribution < 1.29 is 0 Å². The van der Waals surface area contributed by atoms with Crippen molar-refractivity contribution >= 4 is 37.7 Å². The van der Waals surface area contributed by atoms with Gasteiger partial charge in [-0.25, -0.2) is 4.98 Å². The summed E-state index contributed by atoms with van der Waals surface area (Å²) in [7, 11) is 0. The van der Waals surface area contributed by atoms with Gasteiger partial charge in [-0.1, -0.05) is 34.1 Å². The highest BCUT2D eigenvalue weighted by atomic mass is 79.9. The third kappa shape index (κ3) is 2.68. The fourth-order valence-electron chi connectivity index (χ4n) is 2.80. The van der Waals surface area contributed by atoms with Gasteiger partial charge in [-0.05, 0) is 35.7 Å². The summed E-state index contributed by atoms with van der Waals surface area (Å²) in [5, 5.41) is 1.83. The predicted molar refractivity (Wildman–Crippen MR) is 95.7 cm³/mol. The zero-order chi connectivity index (χ0) is 15.8. The van der Waals surface area contributed by atoms with Gasteiger partial charge in [-0.2, -0.15) is 0 Å². The molecule has 0 atom stereocenters. The maximum absolute atomic E-state index is 12.6. The second-order valence-corrected chi connectivity index (χ2v) is 6.45. The van der Waals surface area contributed by atoms with Gasteiger partial charge in [0.2, 0.25) is 0 Å². The molecule has 0 radical (unpaired) electrons. The van der Waals surface area contributed by atoms with E-state index in [4.69, 9.17) is 0 Å². The molecule has 0 unspecified atom stereocenters.